The van der Waals surface area contributed by atoms with E-state index in [1.54, 1.807) is 7.11 Å². The SMILES string of the molecule is CO[C@H]1CCN(c2cc(C)nc3cc(I)ccc23)C1. The summed E-state index contributed by atoms with van der Waals surface area (Å²) in [6, 6.07) is 8.66. The van der Waals surface area contributed by atoms with Crippen molar-refractivity contribution in [3.05, 3.63) is 33.5 Å². The second-order valence-corrected chi connectivity index (χ2v) is 6.28. The molecule has 100 valence electrons. The molecule has 4 heteroatoms. The topological polar surface area (TPSA) is 25.4 Å². The smallest absolute Gasteiger partial charge is 0.0762 e. The predicted molar refractivity (Wildman–Crippen MR) is 86.8 cm³/mol. The molecule has 1 fully saturated rings. The van der Waals surface area contributed by atoms with E-state index >= 15 is 0 Å². The minimum absolute atomic E-state index is 0.354. The summed E-state index contributed by atoms with van der Waals surface area (Å²) in [4.78, 5) is 7.06. The van der Waals surface area contributed by atoms with Gasteiger partial charge in [-0.3, -0.25) is 4.98 Å². The Kier molecular flexibility index (Phi) is 3.62. The minimum Gasteiger partial charge on any atom is -0.380 e. The van der Waals surface area contributed by atoms with Gasteiger partial charge in [-0.1, -0.05) is 0 Å². The van der Waals surface area contributed by atoms with Gasteiger partial charge in [0.15, 0.2) is 0 Å². The summed E-state index contributed by atoms with van der Waals surface area (Å²) in [5.41, 5.74) is 3.45. The molecule has 0 amide bonds. The fourth-order valence-electron chi connectivity index (χ4n) is 2.71. The van der Waals surface area contributed by atoms with Gasteiger partial charge in [-0.2, -0.15) is 0 Å². The maximum atomic E-state index is 5.47. The number of hydrogen-bond acceptors (Lipinski definition) is 3. The van der Waals surface area contributed by atoms with Crippen LogP contribution >= 0.6 is 22.6 Å². The second kappa shape index (κ2) is 5.25. The van der Waals surface area contributed by atoms with Crippen LogP contribution in [0.15, 0.2) is 24.3 Å². The second-order valence-electron chi connectivity index (χ2n) is 5.04. The largest absolute Gasteiger partial charge is 0.380 e. The molecule has 19 heavy (non-hydrogen) atoms. The number of pyridine rings is 1. The van der Waals surface area contributed by atoms with E-state index in [0.717, 1.165) is 30.7 Å². The predicted octanol–water partition coefficient (Wildman–Crippen LogP) is 3.37. The Bertz CT molecular complexity index is 609. The number of ether oxygens (including phenoxy) is 1. The lowest BCUT2D eigenvalue weighted by molar-refractivity contribution is 0.121. The van der Waals surface area contributed by atoms with Gasteiger partial charge in [-0.25, -0.2) is 0 Å². The summed E-state index contributed by atoms with van der Waals surface area (Å²) in [7, 11) is 1.80. The van der Waals surface area contributed by atoms with Gasteiger partial charge in [0.05, 0.1) is 11.6 Å². The van der Waals surface area contributed by atoms with Gasteiger partial charge in [0, 0.05) is 40.5 Å². The third-order valence-electron chi connectivity index (χ3n) is 3.70. The standard InChI is InChI=1S/C15H17IN2O/c1-10-7-15(18-6-5-12(9-18)19-2)13-4-3-11(16)8-14(13)17-10/h3-4,7-8,12H,5-6,9H2,1-2H3/t12-/m0/s1. The van der Waals surface area contributed by atoms with Gasteiger partial charge in [0.25, 0.3) is 0 Å². The molecule has 1 aromatic heterocycles. The lowest BCUT2D eigenvalue weighted by atomic mass is 10.1. The van der Waals surface area contributed by atoms with Crippen LogP contribution in [-0.2, 0) is 4.74 Å². The molecule has 1 atom stereocenters. The van der Waals surface area contributed by atoms with Gasteiger partial charge in [-0.05, 0) is 60.2 Å². The van der Waals surface area contributed by atoms with E-state index in [2.05, 4.69) is 63.7 Å². The average molecular weight is 368 g/mol. The monoisotopic (exact) mass is 368 g/mol. The minimum atomic E-state index is 0.354. The maximum absolute atomic E-state index is 5.47. The van der Waals surface area contributed by atoms with Crippen LogP contribution in [0, 0.1) is 10.5 Å². The van der Waals surface area contributed by atoms with Crippen LogP contribution in [0.4, 0.5) is 5.69 Å². The summed E-state index contributed by atoms with van der Waals surface area (Å²) in [6.07, 6.45) is 1.45. The van der Waals surface area contributed by atoms with Crippen LogP contribution in [0.1, 0.15) is 12.1 Å². The first-order chi connectivity index (χ1) is 9.17. The van der Waals surface area contributed by atoms with Crippen molar-refractivity contribution in [2.75, 3.05) is 25.1 Å². The van der Waals surface area contributed by atoms with Gasteiger partial charge in [0.2, 0.25) is 0 Å². The van der Waals surface area contributed by atoms with Crippen LogP contribution in [0.5, 0.6) is 0 Å². The van der Waals surface area contributed by atoms with Crippen molar-refractivity contribution in [2.24, 2.45) is 0 Å². The normalized spacial score (nSPS) is 19.3. The molecule has 0 spiro atoms. The van der Waals surface area contributed by atoms with Crippen LogP contribution < -0.4 is 4.90 Å². The zero-order chi connectivity index (χ0) is 13.4. The van der Waals surface area contributed by atoms with Gasteiger partial charge in [0.1, 0.15) is 0 Å². The van der Waals surface area contributed by atoms with Crippen LogP contribution in [0.2, 0.25) is 0 Å². The quantitative estimate of drug-likeness (QED) is 0.760. The van der Waals surface area contributed by atoms with E-state index in [4.69, 9.17) is 4.74 Å². The van der Waals surface area contributed by atoms with Gasteiger partial charge < -0.3 is 9.64 Å². The molecule has 3 nitrogen and oxygen atoms in total. The number of fused-ring (bicyclic) bond motifs is 1. The molecular weight excluding hydrogens is 351 g/mol. The molecule has 1 saturated heterocycles. The third-order valence-corrected chi connectivity index (χ3v) is 4.37. The Morgan fingerprint density at radius 3 is 2.95 bits per heavy atom. The number of aromatic nitrogens is 1. The number of benzene rings is 1. The third kappa shape index (κ3) is 2.56. The molecule has 1 aliphatic rings. The molecule has 0 radical (unpaired) electrons. The number of methoxy groups -OCH3 is 1. The highest BCUT2D eigenvalue weighted by molar-refractivity contribution is 14.1. The molecule has 3 rings (SSSR count). The van der Waals surface area contributed by atoms with Crippen molar-refractivity contribution in [1.82, 2.24) is 4.98 Å². The van der Waals surface area contributed by atoms with E-state index in [9.17, 15) is 0 Å². The lowest BCUT2D eigenvalue weighted by Gasteiger charge is -2.21. The van der Waals surface area contributed by atoms with Gasteiger partial charge in [-0.15, -0.1) is 0 Å². The van der Waals surface area contributed by atoms with Crippen molar-refractivity contribution < 1.29 is 4.74 Å². The summed E-state index contributed by atoms with van der Waals surface area (Å²) in [5, 5.41) is 1.24. The maximum Gasteiger partial charge on any atom is 0.0762 e. The highest BCUT2D eigenvalue weighted by Crippen LogP contribution is 2.30. The first-order valence-electron chi connectivity index (χ1n) is 6.52. The number of hydrogen-bond donors (Lipinski definition) is 0. The number of rotatable bonds is 2. The molecule has 0 N–H and O–H groups in total. The Morgan fingerprint density at radius 2 is 2.21 bits per heavy atom. The van der Waals surface area contributed by atoms with Crippen molar-refractivity contribution in [3.63, 3.8) is 0 Å². The van der Waals surface area contributed by atoms with Gasteiger partial charge >= 0.3 is 0 Å². The molecule has 2 heterocycles. The van der Waals surface area contributed by atoms with Crippen molar-refractivity contribution in [3.8, 4) is 0 Å². The Balaban J connectivity index is 2.08. The number of anilines is 1. The van der Waals surface area contributed by atoms with Crippen molar-refractivity contribution in [1.29, 1.82) is 0 Å². The summed E-state index contributed by atoms with van der Waals surface area (Å²) >= 11 is 2.34. The highest BCUT2D eigenvalue weighted by atomic mass is 127. The van der Waals surface area contributed by atoms with Crippen LogP contribution in [0.25, 0.3) is 10.9 Å². The molecule has 0 bridgehead atoms. The average Bonchev–Trinajstić information content (AvgIpc) is 2.85. The number of halogens is 1. The molecule has 2 aromatic rings. The molecule has 0 aliphatic carbocycles. The lowest BCUT2D eigenvalue weighted by Crippen LogP contribution is -2.22. The molecule has 0 unspecified atom stereocenters. The fourth-order valence-corrected chi connectivity index (χ4v) is 3.19. The van der Waals surface area contributed by atoms with Crippen molar-refractivity contribution in [2.45, 2.75) is 19.4 Å². The van der Waals surface area contributed by atoms with Crippen LogP contribution in [0.3, 0.4) is 0 Å². The summed E-state index contributed by atoms with van der Waals surface area (Å²) in [6.45, 7) is 4.09. The summed E-state index contributed by atoms with van der Waals surface area (Å²) in [5.74, 6) is 0. The summed E-state index contributed by atoms with van der Waals surface area (Å²) < 4.78 is 6.69. The van der Waals surface area contributed by atoms with E-state index in [1.807, 2.05) is 0 Å². The van der Waals surface area contributed by atoms with Crippen LogP contribution in [-0.4, -0.2) is 31.3 Å². The van der Waals surface area contributed by atoms with E-state index in [-0.39, 0.29) is 0 Å². The first-order valence-corrected chi connectivity index (χ1v) is 7.60. The van der Waals surface area contributed by atoms with Crippen molar-refractivity contribution >= 4 is 39.2 Å². The molecule has 1 aliphatic heterocycles. The fraction of sp³-hybridized carbons (Fsp3) is 0.400. The number of nitrogens with zero attached hydrogens (tertiary/aromatic N) is 2. The number of aryl methyl sites for hydroxylation is 1. The van der Waals surface area contributed by atoms with E-state index in [1.165, 1.54) is 14.6 Å². The Labute approximate surface area is 127 Å². The zero-order valence-corrected chi connectivity index (χ0v) is 13.3. The Hall–Kier alpha value is -0.880. The molecule has 0 saturated carbocycles. The zero-order valence-electron chi connectivity index (χ0n) is 11.2. The highest BCUT2D eigenvalue weighted by Gasteiger charge is 2.23. The van der Waals surface area contributed by atoms with E-state index < -0.39 is 0 Å². The Morgan fingerprint density at radius 1 is 1.37 bits per heavy atom. The first kappa shape index (κ1) is 13.1. The molecular formula is C15H17IN2O. The van der Waals surface area contributed by atoms with E-state index in [0.29, 0.717) is 6.10 Å². The molecule has 1 aromatic carbocycles.